The predicted molar refractivity (Wildman–Crippen MR) is 66.3 cm³/mol. The second kappa shape index (κ2) is 5.02. The summed E-state index contributed by atoms with van der Waals surface area (Å²) in [5, 5.41) is 4.93. The van der Waals surface area contributed by atoms with Crippen LogP contribution in [-0.4, -0.2) is 26.7 Å². The van der Waals surface area contributed by atoms with Crippen LogP contribution in [-0.2, 0) is 20.0 Å². The molecule has 0 radical (unpaired) electrons. The molecule has 17 heavy (non-hydrogen) atoms. The Bertz CT molecular complexity index is 612. The number of hydrogen-bond acceptors (Lipinski definition) is 4. The topological polar surface area (TPSA) is 97.5 Å². The maximum Gasteiger partial charge on any atom is 0.252 e. The first-order chi connectivity index (χ1) is 7.69. The monoisotopic (exact) mass is 342 g/mol. The fourth-order valence-corrected chi connectivity index (χ4v) is 3.33. The van der Waals surface area contributed by atoms with Crippen molar-refractivity contribution in [1.29, 1.82) is 0 Å². The molecule has 0 heterocycles. The third-order valence-corrected chi connectivity index (χ3v) is 6.13. The van der Waals surface area contributed by atoms with E-state index < -0.39 is 20.0 Å². The van der Waals surface area contributed by atoms with Crippen molar-refractivity contribution in [3.63, 3.8) is 0 Å². The van der Waals surface area contributed by atoms with Crippen molar-refractivity contribution in [2.24, 2.45) is 5.14 Å². The van der Waals surface area contributed by atoms with Gasteiger partial charge < -0.3 is 0 Å². The summed E-state index contributed by atoms with van der Waals surface area (Å²) in [4.78, 5) is -0.377. The van der Waals surface area contributed by atoms with Gasteiger partial charge in [-0.15, -0.1) is 3.33 Å². The first kappa shape index (κ1) is 14.6. The van der Waals surface area contributed by atoms with Crippen LogP contribution in [0.3, 0.4) is 0 Å². The lowest BCUT2D eigenvalue weighted by Crippen LogP contribution is -2.21. The van der Waals surface area contributed by atoms with Crippen molar-refractivity contribution in [3.05, 3.63) is 24.3 Å². The van der Waals surface area contributed by atoms with E-state index in [1.807, 2.05) is 0 Å². The number of nitrogens with zero attached hydrogens (tertiary/aromatic N) is 1. The summed E-state index contributed by atoms with van der Waals surface area (Å²) < 4.78 is 46.9. The number of hydrogen-bond donors (Lipinski definition) is 1. The third kappa shape index (κ3) is 3.26. The van der Waals surface area contributed by atoms with Gasteiger partial charge in [0, 0.05) is 22.7 Å². The summed E-state index contributed by atoms with van der Waals surface area (Å²) in [6.07, 6.45) is 0. The number of halogens is 1. The molecule has 0 bridgehead atoms. The highest BCUT2D eigenvalue weighted by Gasteiger charge is 2.22. The van der Waals surface area contributed by atoms with Gasteiger partial charge in [-0.3, -0.25) is 0 Å². The number of rotatable bonds is 4. The van der Waals surface area contributed by atoms with Crippen LogP contribution in [0.4, 0.5) is 0 Å². The van der Waals surface area contributed by atoms with Gasteiger partial charge in [-0.2, -0.15) is 0 Å². The lowest BCUT2D eigenvalue weighted by Gasteiger charge is -2.12. The van der Waals surface area contributed by atoms with Crippen molar-refractivity contribution in [2.75, 3.05) is 6.54 Å². The molecule has 0 amide bonds. The molecule has 0 aromatic heterocycles. The highest BCUT2D eigenvalue weighted by atomic mass is 79.9. The van der Waals surface area contributed by atoms with Gasteiger partial charge in [-0.25, -0.2) is 22.0 Å². The number of primary sulfonamides is 1. The zero-order valence-corrected chi connectivity index (χ0v) is 12.1. The molecule has 1 aromatic rings. The Hall–Kier alpha value is -0.480. The van der Waals surface area contributed by atoms with Crippen LogP contribution in [0.2, 0.25) is 0 Å². The molecule has 6 nitrogen and oxygen atoms in total. The van der Waals surface area contributed by atoms with E-state index in [0.29, 0.717) is 0 Å². The van der Waals surface area contributed by atoms with Crippen molar-refractivity contribution in [3.8, 4) is 0 Å². The van der Waals surface area contributed by atoms with Crippen LogP contribution < -0.4 is 5.14 Å². The maximum absolute atomic E-state index is 11.9. The quantitative estimate of drug-likeness (QED) is 0.812. The van der Waals surface area contributed by atoms with E-state index in [-0.39, 0.29) is 16.3 Å². The molecule has 0 spiro atoms. The predicted octanol–water partition coefficient (Wildman–Crippen LogP) is 0.655. The highest BCUT2D eigenvalue weighted by Crippen LogP contribution is 2.20. The van der Waals surface area contributed by atoms with Crippen molar-refractivity contribution < 1.29 is 16.8 Å². The fraction of sp³-hybridized carbons (Fsp3) is 0.250. The van der Waals surface area contributed by atoms with E-state index >= 15 is 0 Å². The summed E-state index contributed by atoms with van der Waals surface area (Å²) in [5.41, 5.74) is 0. The highest BCUT2D eigenvalue weighted by molar-refractivity contribution is 9.08. The molecule has 96 valence electrons. The molecule has 0 unspecified atom stereocenters. The molecule has 0 aliphatic heterocycles. The van der Waals surface area contributed by atoms with Crippen LogP contribution in [0.25, 0.3) is 0 Å². The van der Waals surface area contributed by atoms with E-state index in [9.17, 15) is 16.8 Å². The van der Waals surface area contributed by atoms with Gasteiger partial charge in [-0.1, -0.05) is 13.0 Å². The zero-order valence-electron chi connectivity index (χ0n) is 8.87. The van der Waals surface area contributed by atoms with Crippen LogP contribution in [0.15, 0.2) is 34.1 Å². The first-order valence-electron chi connectivity index (χ1n) is 4.51. The molecule has 0 aliphatic carbocycles. The molecular formula is C8H11BrN2O4S2. The molecular weight excluding hydrogens is 332 g/mol. The molecule has 0 atom stereocenters. The third-order valence-electron chi connectivity index (χ3n) is 1.94. The van der Waals surface area contributed by atoms with Gasteiger partial charge in [0.25, 0.3) is 10.0 Å². The summed E-state index contributed by atoms with van der Waals surface area (Å²) in [5.74, 6) is 0. The number of sulfonamides is 2. The average Bonchev–Trinajstić information content (AvgIpc) is 2.27. The largest absolute Gasteiger partial charge is 0.252 e. The van der Waals surface area contributed by atoms with Crippen molar-refractivity contribution >= 4 is 36.2 Å². The maximum atomic E-state index is 11.9. The van der Waals surface area contributed by atoms with Gasteiger partial charge in [-0.05, 0) is 18.2 Å². The van der Waals surface area contributed by atoms with E-state index in [4.69, 9.17) is 5.14 Å². The van der Waals surface area contributed by atoms with Gasteiger partial charge in [0.05, 0.1) is 9.79 Å². The van der Waals surface area contributed by atoms with Gasteiger partial charge >= 0.3 is 0 Å². The van der Waals surface area contributed by atoms with Crippen molar-refractivity contribution in [2.45, 2.75) is 16.7 Å². The molecule has 0 fully saturated rings. The Balaban J connectivity index is 3.36. The summed E-state index contributed by atoms with van der Waals surface area (Å²) in [6, 6.07) is 4.88. The lowest BCUT2D eigenvalue weighted by molar-refractivity contribution is 0.554. The summed E-state index contributed by atoms with van der Waals surface area (Å²) in [7, 11) is -7.66. The van der Waals surface area contributed by atoms with Crippen LogP contribution in [0.1, 0.15) is 6.92 Å². The van der Waals surface area contributed by atoms with Crippen LogP contribution >= 0.6 is 16.1 Å². The minimum Gasteiger partial charge on any atom is -0.225 e. The summed E-state index contributed by atoms with van der Waals surface area (Å²) >= 11 is 2.87. The molecule has 2 N–H and O–H groups in total. The SMILES string of the molecule is CCN(Br)S(=O)(=O)c1cccc(S(N)(=O)=O)c1. The molecule has 0 saturated carbocycles. The Morgan fingerprint density at radius 3 is 2.24 bits per heavy atom. The van der Waals surface area contributed by atoms with Gasteiger partial charge in [0.1, 0.15) is 0 Å². The molecule has 0 aliphatic rings. The minimum absolute atomic E-state index is 0.136. The average molecular weight is 343 g/mol. The Labute approximate surface area is 109 Å². The molecule has 0 saturated heterocycles. The standard InChI is InChI=1S/C8H11BrN2O4S2/c1-2-11(9)17(14,15)8-5-3-4-7(6-8)16(10,12)13/h3-6H,2H2,1H3,(H2,10,12,13). The Morgan fingerprint density at radius 2 is 1.76 bits per heavy atom. The Kier molecular flexibility index (Phi) is 4.31. The smallest absolute Gasteiger partial charge is 0.225 e. The van der Waals surface area contributed by atoms with Crippen molar-refractivity contribution in [1.82, 2.24) is 3.33 Å². The second-order valence-corrected chi connectivity index (χ2v) is 7.88. The van der Waals surface area contributed by atoms with E-state index in [0.717, 1.165) is 9.40 Å². The number of nitrogens with two attached hydrogens (primary N) is 1. The zero-order chi connectivity index (χ0) is 13.3. The lowest BCUT2D eigenvalue weighted by atomic mass is 10.4. The van der Waals surface area contributed by atoms with Gasteiger partial charge in [0.2, 0.25) is 10.0 Å². The minimum atomic E-state index is -3.92. The van der Waals surface area contributed by atoms with Crippen LogP contribution in [0.5, 0.6) is 0 Å². The van der Waals surface area contributed by atoms with E-state index in [1.165, 1.54) is 18.2 Å². The number of benzene rings is 1. The van der Waals surface area contributed by atoms with Crippen LogP contribution in [0, 0.1) is 0 Å². The van der Waals surface area contributed by atoms with E-state index in [1.54, 1.807) is 6.92 Å². The fourth-order valence-electron chi connectivity index (χ4n) is 1.10. The summed E-state index contributed by atoms with van der Waals surface area (Å²) in [6.45, 7) is 1.85. The normalized spacial score (nSPS) is 12.9. The first-order valence-corrected chi connectivity index (χ1v) is 8.20. The second-order valence-electron chi connectivity index (χ2n) is 3.13. The molecule has 1 aromatic carbocycles. The Morgan fingerprint density at radius 1 is 1.24 bits per heavy atom. The molecule has 9 heteroatoms. The van der Waals surface area contributed by atoms with E-state index in [2.05, 4.69) is 16.1 Å². The van der Waals surface area contributed by atoms with Gasteiger partial charge in [0.15, 0.2) is 0 Å². The molecule has 1 rings (SSSR count).